The van der Waals surface area contributed by atoms with E-state index in [0.717, 1.165) is 23.4 Å². The standard InChI is InChI=1S/C13H20N2O2.ClH/c1-4-7-17-11-5-6-12(9(2)8-11)15-13(16)10(3)14;/h5-6,8,10H,4,7,14H2,1-3H3,(H,15,16);1H/t10-;/m1./s1. The second-order valence-electron chi connectivity index (χ2n) is 4.10. The molecule has 1 atom stereocenters. The van der Waals surface area contributed by atoms with Gasteiger partial charge in [0.1, 0.15) is 5.75 Å². The first-order chi connectivity index (χ1) is 8.04. The van der Waals surface area contributed by atoms with Crippen LogP contribution >= 0.6 is 12.4 Å². The van der Waals surface area contributed by atoms with E-state index in [4.69, 9.17) is 10.5 Å². The van der Waals surface area contributed by atoms with Crippen molar-refractivity contribution < 1.29 is 9.53 Å². The molecule has 0 fully saturated rings. The Morgan fingerprint density at radius 3 is 2.67 bits per heavy atom. The molecule has 0 bridgehead atoms. The smallest absolute Gasteiger partial charge is 0.241 e. The van der Waals surface area contributed by atoms with Crippen molar-refractivity contribution >= 4 is 24.0 Å². The highest BCUT2D eigenvalue weighted by Crippen LogP contribution is 2.21. The molecule has 0 aliphatic carbocycles. The molecule has 102 valence electrons. The Kier molecular flexibility index (Phi) is 7.39. The molecule has 0 spiro atoms. The molecular formula is C13H21ClN2O2. The fourth-order valence-electron chi connectivity index (χ4n) is 1.33. The zero-order chi connectivity index (χ0) is 12.8. The molecule has 1 amide bonds. The summed E-state index contributed by atoms with van der Waals surface area (Å²) in [7, 11) is 0. The molecule has 18 heavy (non-hydrogen) atoms. The van der Waals surface area contributed by atoms with Gasteiger partial charge in [-0.2, -0.15) is 0 Å². The predicted molar refractivity (Wildman–Crippen MR) is 76.5 cm³/mol. The number of halogens is 1. The van der Waals surface area contributed by atoms with Gasteiger partial charge in [-0.1, -0.05) is 6.92 Å². The quantitative estimate of drug-likeness (QED) is 0.866. The minimum atomic E-state index is -0.509. The lowest BCUT2D eigenvalue weighted by Gasteiger charge is -2.12. The molecule has 0 aliphatic heterocycles. The van der Waals surface area contributed by atoms with Gasteiger partial charge in [-0.15, -0.1) is 12.4 Å². The van der Waals surface area contributed by atoms with Crippen molar-refractivity contribution in [3.8, 4) is 5.75 Å². The van der Waals surface area contributed by atoms with Gasteiger partial charge in [0.2, 0.25) is 5.91 Å². The van der Waals surface area contributed by atoms with Gasteiger partial charge in [0.05, 0.1) is 12.6 Å². The van der Waals surface area contributed by atoms with Gasteiger partial charge in [-0.25, -0.2) is 0 Å². The second-order valence-corrected chi connectivity index (χ2v) is 4.10. The number of carbonyl (C=O) groups is 1. The van der Waals surface area contributed by atoms with Crippen LogP contribution in [0, 0.1) is 6.92 Å². The van der Waals surface area contributed by atoms with Crippen molar-refractivity contribution in [2.45, 2.75) is 33.2 Å². The molecule has 0 aromatic heterocycles. The number of aryl methyl sites for hydroxylation is 1. The maximum Gasteiger partial charge on any atom is 0.241 e. The summed E-state index contributed by atoms with van der Waals surface area (Å²) in [6.45, 7) is 6.34. The third kappa shape index (κ3) is 4.94. The molecule has 5 heteroatoms. The van der Waals surface area contributed by atoms with Crippen molar-refractivity contribution in [1.82, 2.24) is 0 Å². The molecule has 0 saturated heterocycles. The Balaban J connectivity index is 0.00000289. The number of anilines is 1. The lowest BCUT2D eigenvalue weighted by molar-refractivity contribution is -0.117. The molecule has 0 radical (unpaired) electrons. The van der Waals surface area contributed by atoms with E-state index in [-0.39, 0.29) is 18.3 Å². The lowest BCUT2D eigenvalue weighted by atomic mass is 10.2. The fraction of sp³-hybridized carbons (Fsp3) is 0.462. The third-order valence-corrected chi connectivity index (χ3v) is 2.34. The first-order valence-electron chi connectivity index (χ1n) is 5.84. The Hall–Kier alpha value is -1.26. The summed E-state index contributed by atoms with van der Waals surface area (Å²) < 4.78 is 5.51. The molecule has 1 rings (SSSR count). The minimum absolute atomic E-state index is 0. The summed E-state index contributed by atoms with van der Waals surface area (Å²) in [5.74, 6) is 0.637. The number of rotatable bonds is 5. The van der Waals surface area contributed by atoms with Crippen molar-refractivity contribution in [3.63, 3.8) is 0 Å². The number of hydrogen-bond acceptors (Lipinski definition) is 3. The molecule has 1 aromatic carbocycles. The zero-order valence-corrected chi connectivity index (χ0v) is 11.8. The van der Waals surface area contributed by atoms with Crippen LogP contribution in [0.15, 0.2) is 18.2 Å². The number of hydrogen-bond donors (Lipinski definition) is 2. The highest BCUT2D eigenvalue weighted by atomic mass is 35.5. The number of nitrogens with two attached hydrogens (primary N) is 1. The number of ether oxygens (including phenoxy) is 1. The van der Waals surface area contributed by atoms with Gasteiger partial charge in [-0.05, 0) is 44.0 Å². The van der Waals surface area contributed by atoms with Crippen molar-refractivity contribution in [2.24, 2.45) is 5.73 Å². The van der Waals surface area contributed by atoms with E-state index in [1.165, 1.54) is 0 Å². The topological polar surface area (TPSA) is 64.3 Å². The van der Waals surface area contributed by atoms with Crippen LogP contribution in [0.1, 0.15) is 25.8 Å². The van der Waals surface area contributed by atoms with Gasteiger partial charge in [0.25, 0.3) is 0 Å². The van der Waals surface area contributed by atoms with E-state index in [2.05, 4.69) is 12.2 Å². The summed E-state index contributed by atoms with van der Waals surface area (Å²) in [4.78, 5) is 11.5. The SMILES string of the molecule is CCCOc1ccc(NC(=O)[C@@H](C)N)c(C)c1.Cl. The number of amides is 1. The molecule has 1 aromatic rings. The molecule has 0 unspecified atom stereocenters. The molecule has 0 aliphatic rings. The average Bonchev–Trinajstić information content (AvgIpc) is 2.29. The second kappa shape index (κ2) is 7.95. The summed E-state index contributed by atoms with van der Waals surface area (Å²) >= 11 is 0. The fourth-order valence-corrected chi connectivity index (χ4v) is 1.33. The summed E-state index contributed by atoms with van der Waals surface area (Å²) in [5, 5.41) is 2.77. The van der Waals surface area contributed by atoms with Crippen LogP contribution in [-0.2, 0) is 4.79 Å². The van der Waals surface area contributed by atoms with Crippen molar-refractivity contribution in [1.29, 1.82) is 0 Å². The number of carbonyl (C=O) groups excluding carboxylic acids is 1. The Labute approximate surface area is 114 Å². The highest BCUT2D eigenvalue weighted by Gasteiger charge is 2.09. The largest absolute Gasteiger partial charge is 0.494 e. The van der Waals surface area contributed by atoms with Crippen LogP contribution in [0.2, 0.25) is 0 Å². The van der Waals surface area contributed by atoms with E-state index in [0.29, 0.717) is 6.61 Å². The van der Waals surface area contributed by atoms with E-state index >= 15 is 0 Å². The summed E-state index contributed by atoms with van der Waals surface area (Å²) in [6, 6.07) is 5.08. The van der Waals surface area contributed by atoms with Gasteiger partial charge >= 0.3 is 0 Å². The zero-order valence-electron chi connectivity index (χ0n) is 11.0. The third-order valence-electron chi connectivity index (χ3n) is 2.34. The first kappa shape index (κ1) is 16.7. The monoisotopic (exact) mass is 272 g/mol. The highest BCUT2D eigenvalue weighted by molar-refractivity contribution is 5.95. The van der Waals surface area contributed by atoms with Crippen LogP contribution in [0.3, 0.4) is 0 Å². The number of nitrogens with one attached hydrogen (secondary N) is 1. The van der Waals surface area contributed by atoms with Crippen molar-refractivity contribution in [3.05, 3.63) is 23.8 Å². The van der Waals surface area contributed by atoms with Crippen LogP contribution in [0.4, 0.5) is 5.69 Å². The van der Waals surface area contributed by atoms with E-state index < -0.39 is 6.04 Å². The predicted octanol–water partition coefficient (Wildman–Crippen LogP) is 2.49. The lowest BCUT2D eigenvalue weighted by Crippen LogP contribution is -2.32. The molecular weight excluding hydrogens is 252 g/mol. The molecule has 3 N–H and O–H groups in total. The van der Waals surface area contributed by atoms with Crippen molar-refractivity contribution in [2.75, 3.05) is 11.9 Å². The van der Waals surface area contributed by atoms with E-state index in [1.54, 1.807) is 6.92 Å². The molecule has 4 nitrogen and oxygen atoms in total. The van der Waals surface area contributed by atoms with Gasteiger partial charge in [0, 0.05) is 5.69 Å². The summed E-state index contributed by atoms with van der Waals surface area (Å²) in [6.07, 6.45) is 0.974. The maximum atomic E-state index is 11.5. The maximum absolute atomic E-state index is 11.5. The van der Waals surface area contributed by atoms with Gasteiger partial charge < -0.3 is 15.8 Å². The van der Waals surface area contributed by atoms with Crippen LogP contribution < -0.4 is 15.8 Å². The van der Waals surface area contributed by atoms with E-state index in [1.807, 2.05) is 25.1 Å². The summed E-state index contributed by atoms with van der Waals surface area (Å²) in [5.41, 5.74) is 7.23. The minimum Gasteiger partial charge on any atom is -0.494 e. The average molecular weight is 273 g/mol. The Morgan fingerprint density at radius 2 is 2.17 bits per heavy atom. The number of benzene rings is 1. The Bertz CT molecular complexity index is 395. The molecule has 0 heterocycles. The normalized spacial score (nSPS) is 11.3. The van der Waals surface area contributed by atoms with Crippen LogP contribution in [-0.4, -0.2) is 18.6 Å². The van der Waals surface area contributed by atoms with Crippen LogP contribution in [0.25, 0.3) is 0 Å². The van der Waals surface area contributed by atoms with Gasteiger partial charge in [0.15, 0.2) is 0 Å². The van der Waals surface area contributed by atoms with E-state index in [9.17, 15) is 4.79 Å². The first-order valence-corrected chi connectivity index (χ1v) is 5.84. The van der Waals surface area contributed by atoms with Crippen LogP contribution in [0.5, 0.6) is 5.75 Å². The van der Waals surface area contributed by atoms with Gasteiger partial charge in [-0.3, -0.25) is 4.79 Å². The molecule has 0 saturated carbocycles. The Morgan fingerprint density at radius 1 is 1.50 bits per heavy atom.